The fourth-order valence-corrected chi connectivity index (χ4v) is 4.52. The zero-order valence-corrected chi connectivity index (χ0v) is 17.5. The zero-order chi connectivity index (χ0) is 21.7. The minimum absolute atomic E-state index is 0.167. The van der Waals surface area contributed by atoms with Gasteiger partial charge in [-0.05, 0) is 36.4 Å². The fraction of sp³-hybridized carbons (Fsp3) is 0.300. The molecule has 0 aliphatic carbocycles. The number of amides is 2. The number of anilines is 1. The van der Waals surface area contributed by atoms with Crippen molar-refractivity contribution in [2.24, 2.45) is 0 Å². The van der Waals surface area contributed by atoms with Crippen molar-refractivity contribution in [1.29, 1.82) is 0 Å². The smallest absolute Gasteiger partial charge is 0.339 e. The lowest BCUT2D eigenvalue weighted by Gasteiger charge is -2.34. The number of carbonyl (C=O) groups excluding carboxylic acids is 2. The van der Waals surface area contributed by atoms with Crippen LogP contribution >= 0.6 is 0 Å². The van der Waals surface area contributed by atoms with Crippen molar-refractivity contribution in [3.63, 3.8) is 0 Å². The third-order valence-electron chi connectivity index (χ3n) is 4.80. The fourth-order valence-electron chi connectivity index (χ4n) is 3.10. The maximum Gasteiger partial charge on any atom is 0.339 e. The number of sulfonamides is 1. The Morgan fingerprint density at radius 3 is 2.17 bits per heavy atom. The Hall–Kier alpha value is -3.11. The molecule has 1 N–H and O–H groups in total. The van der Waals surface area contributed by atoms with Gasteiger partial charge in [0.1, 0.15) is 5.75 Å². The molecule has 1 saturated heterocycles. The summed E-state index contributed by atoms with van der Waals surface area (Å²) >= 11 is 0. The number of ether oxygens (including phenoxy) is 2. The topological polar surface area (TPSA) is 105 Å². The van der Waals surface area contributed by atoms with Crippen molar-refractivity contribution in [2.45, 2.75) is 4.90 Å². The standard InChI is InChI=1S/C20H23N3O6S/c1-28-15-7-9-16(10-8-15)30(26,27)23-13-11-22(12-14-23)20(25)21-18-6-4-3-5-17(18)19(24)29-2/h3-10H,11-14H2,1-2H3,(H,21,25). The molecule has 0 bridgehead atoms. The lowest BCUT2D eigenvalue weighted by Crippen LogP contribution is -2.51. The summed E-state index contributed by atoms with van der Waals surface area (Å²) in [5, 5.41) is 2.70. The second-order valence-corrected chi connectivity index (χ2v) is 8.47. The van der Waals surface area contributed by atoms with E-state index in [1.54, 1.807) is 36.4 Å². The number of piperazine rings is 1. The summed E-state index contributed by atoms with van der Waals surface area (Å²) in [5.41, 5.74) is 0.580. The zero-order valence-electron chi connectivity index (χ0n) is 16.7. The van der Waals surface area contributed by atoms with E-state index < -0.39 is 22.0 Å². The number of methoxy groups -OCH3 is 2. The van der Waals surface area contributed by atoms with Gasteiger partial charge in [0.15, 0.2) is 0 Å². The summed E-state index contributed by atoms with van der Waals surface area (Å²) in [4.78, 5) is 26.1. The van der Waals surface area contributed by atoms with Gasteiger partial charge in [0.05, 0.1) is 30.4 Å². The Morgan fingerprint density at radius 2 is 1.57 bits per heavy atom. The van der Waals surface area contributed by atoms with Gasteiger partial charge in [0.25, 0.3) is 0 Å². The second kappa shape index (κ2) is 9.14. The van der Waals surface area contributed by atoms with Crippen LogP contribution in [0.4, 0.5) is 10.5 Å². The molecule has 1 heterocycles. The van der Waals surface area contributed by atoms with Gasteiger partial charge in [-0.2, -0.15) is 4.31 Å². The molecule has 3 rings (SSSR count). The highest BCUT2D eigenvalue weighted by Gasteiger charge is 2.30. The molecular weight excluding hydrogens is 410 g/mol. The van der Waals surface area contributed by atoms with E-state index >= 15 is 0 Å². The third-order valence-corrected chi connectivity index (χ3v) is 6.71. The van der Waals surface area contributed by atoms with Crippen LogP contribution in [0.15, 0.2) is 53.4 Å². The average molecular weight is 433 g/mol. The molecular formula is C20H23N3O6S. The first-order valence-corrected chi connectivity index (χ1v) is 10.7. The molecule has 0 atom stereocenters. The molecule has 0 aromatic heterocycles. The van der Waals surface area contributed by atoms with E-state index in [9.17, 15) is 18.0 Å². The van der Waals surface area contributed by atoms with Crippen molar-refractivity contribution in [1.82, 2.24) is 9.21 Å². The van der Waals surface area contributed by atoms with Crippen LogP contribution in [0.3, 0.4) is 0 Å². The lowest BCUT2D eigenvalue weighted by molar-refractivity contribution is 0.0602. The molecule has 2 aromatic rings. The number of hydrogen-bond donors (Lipinski definition) is 1. The molecule has 9 nitrogen and oxygen atoms in total. The molecule has 0 spiro atoms. The third kappa shape index (κ3) is 4.55. The number of carbonyl (C=O) groups is 2. The number of hydrogen-bond acceptors (Lipinski definition) is 6. The number of esters is 1. The van der Waals surface area contributed by atoms with E-state index in [1.807, 2.05) is 0 Å². The molecule has 2 amide bonds. The second-order valence-electron chi connectivity index (χ2n) is 6.53. The van der Waals surface area contributed by atoms with E-state index in [0.717, 1.165) is 0 Å². The van der Waals surface area contributed by atoms with Crippen molar-refractivity contribution in [2.75, 3.05) is 45.7 Å². The maximum absolute atomic E-state index is 12.8. The molecule has 1 aliphatic rings. The van der Waals surface area contributed by atoms with Crippen LogP contribution in [-0.4, -0.2) is 70.0 Å². The SMILES string of the molecule is COC(=O)c1ccccc1NC(=O)N1CCN(S(=O)(=O)c2ccc(OC)cc2)CC1. The molecule has 0 radical (unpaired) electrons. The van der Waals surface area contributed by atoms with Gasteiger partial charge in [-0.3, -0.25) is 0 Å². The number of nitrogens with one attached hydrogen (secondary N) is 1. The number of para-hydroxylation sites is 1. The summed E-state index contributed by atoms with van der Waals surface area (Å²) in [6.45, 7) is 0.782. The first kappa shape index (κ1) is 21.6. The Morgan fingerprint density at radius 1 is 0.933 bits per heavy atom. The highest BCUT2D eigenvalue weighted by atomic mass is 32.2. The Kier molecular flexibility index (Phi) is 6.58. The molecule has 2 aromatic carbocycles. The predicted octanol–water partition coefficient (Wildman–Crippen LogP) is 2.02. The van der Waals surface area contributed by atoms with E-state index in [-0.39, 0.29) is 36.6 Å². The normalized spacial score (nSPS) is 14.8. The highest BCUT2D eigenvalue weighted by Crippen LogP contribution is 2.21. The maximum atomic E-state index is 12.8. The van der Waals surface area contributed by atoms with Crippen LogP contribution < -0.4 is 10.1 Å². The van der Waals surface area contributed by atoms with E-state index in [1.165, 1.54) is 35.6 Å². The first-order chi connectivity index (χ1) is 14.4. The summed E-state index contributed by atoms with van der Waals surface area (Å²) in [6, 6.07) is 12.3. The Balaban J connectivity index is 1.64. The largest absolute Gasteiger partial charge is 0.497 e. The van der Waals surface area contributed by atoms with Gasteiger partial charge in [-0.1, -0.05) is 12.1 Å². The van der Waals surface area contributed by atoms with Gasteiger partial charge in [-0.25, -0.2) is 18.0 Å². The average Bonchev–Trinajstić information content (AvgIpc) is 2.79. The Bertz CT molecular complexity index is 1020. The summed E-state index contributed by atoms with van der Waals surface area (Å²) < 4.78 is 36.8. The van der Waals surface area contributed by atoms with E-state index in [4.69, 9.17) is 9.47 Å². The van der Waals surface area contributed by atoms with Gasteiger partial charge in [-0.15, -0.1) is 0 Å². The molecule has 160 valence electrons. The predicted molar refractivity (Wildman–Crippen MR) is 110 cm³/mol. The van der Waals surface area contributed by atoms with Crippen molar-refractivity contribution in [3.8, 4) is 5.75 Å². The van der Waals surface area contributed by atoms with Crippen LogP contribution in [0.1, 0.15) is 10.4 Å². The van der Waals surface area contributed by atoms with Crippen LogP contribution in [0.5, 0.6) is 5.75 Å². The van der Waals surface area contributed by atoms with Crippen LogP contribution in [0, 0.1) is 0 Å². The van der Waals surface area contributed by atoms with Crippen LogP contribution in [-0.2, 0) is 14.8 Å². The van der Waals surface area contributed by atoms with Crippen LogP contribution in [0.2, 0.25) is 0 Å². The molecule has 0 saturated carbocycles. The number of urea groups is 1. The van der Waals surface area contributed by atoms with E-state index in [2.05, 4.69) is 5.32 Å². The molecule has 30 heavy (non-hydrogen) atoms. The summed E-state index contributed by atoms with van der Waals surface area (Å²) in [7, 11) is -0.880. The van der Waals surface area contributed by atoms with Crippen molar-refractivity contribution < 1.29 is 27.5 Å². The van der Waals surface area contributed by atoms with Gasteiger partial charge >= 0.3 is 12.0 Å². The highest BCUT2D eigenvalue weighted by molar-refractivity contribution is 7.89. The van der Waals surface area contributed by atoms with Crippen LogP contribution in [0.25, 0.3) is 0 Å². The number of rotatable bonds is 5. The molecule has 0 unspecified atom stereocenters. The lowest BCUT2D eigenvalue weighted by atomic mass is 10.2. The number of nitrogens with zero attached hydrogens (tertiary/aromatic N) is 2. The first-order valence-electron chi connectivity index (χ1n) is 9.24. The molecule has 10 heteroatoms. The summed E-state index contributed by atoms with van der Waals surface area (Å²) in [5.74, 6) is 0.0176. The molecule has 1 fully saturated rings. The Labute approximate surface area is 175 Å². The van der Waals surface area contributed by atoms with Crippen molar-refractivity contribution >= 4 is 27.7 Å². The minimum atomic E-state index is -3.66. The van der Waals surface area contributed by atoms with Gasteiger partial charge in [0, 0.05) is 26.2 Å². The minimum Gasteiger partial charge on any atom is -0.497 e. The monoisotopic (exact) mass is 433 g/mol. The van der Waals surface area contributed by atoms with E-state index in [0.29, 0.717) is 11.4 Å². The van der Waals surface area contributed by atoms with Crippen molar-refractivity contribution in [3.05, 3.63) is 54.1 Å². The summed E-state index contributed by atoms with van der Waals surface area (Å²) in [6.07, 6.45) is 0. The molecule has 1 aliphatic heterocycles. The van der Waals surface area contributed by atoms with Gasteiger partial charge in [0.2, 0.25) is 10.0 Å². The van der Waals surface area contributed by atoms with Gasteiger partial charge < -0.3 is 19.7 Å². The number of benzene rings is 2. The quantitative estimate of drug-likeness (QED) is 0.724.